The molecule has 6 heteroatoms. The van der Waals surface area contributed by atoms with Crippen LogP contribution < -0.4 is 0 Å². The van der Waals surface area contributed by atoms with Gasteiger partial charge in [0.1, 0.15) is 0 Å². The maximum absolute atomic E-state index is 11.6. The highest BCUT2D eigenvalue weighted by Crippen LogP contribution is 2.06. The Morgan fingerprint density at radius 3 is 2.41 bits per heavy atom. The Bertz CT molecular complexity index is 382. The number of nitrogens with zero attached hydrogens (tertiary/aromatic N) is 1. The summed E-state index contributed by atoms with van der Waals surface area (Å²) in [6, 6.07) is 9.00. The Balaban J connectivity index is 2.24. The molecule has 0 spiro atoms. The predicted octanol–water partition coefficient (Wildman–Crippen LogP) is 2.78. The van der Waals surface area contributed by atoms with Crippen LogP contribution in [0.2, 0.25) is 0 Å². The number of rotatable bonds is 5. The van der Waals surface area contributed by atoms with Crippen LogP contribution in [0.5, 0.6) is 0 Å². The van der Waals surface area contributed by atoms with Crippen LogP contribution in [0, 0.1) is 0 Å². The SMILES string of the molecule is O=C(CCCOC(=O)N(S)S)c1ccccc1. The van der Waals surface area contributed by atoms with Crippen molar-refractivity contribution in [3.05, 3.63) is 35.9 Å². The van der Waals surface area contributed by atoms with Gasteiger partial charge in [-0.05, 0) is 32.1 Å². The van der Waals surface area contributed by atoms with Crippen molar-refractivity contribution in [1.29, 1.82) is 0 Å². The van der Waals surface area contributed by atoms with Gasteiger partial charge in [0.05, 0.1) is 6.61 Å². The highest BCUT2D eigenvalue weighted by atomic mass is 32.2. The lowest BCUT2D eigenvalue weighted by Gasteiger charge is -2.08. The Labute approximate surface area is 111 Å². The summed E-state index contributed by atoms with van der Waals surface area (Å²) in [7, 11) is 0. The molecule has 0 unspecified atom stereocenters. The molecule has 4 nitrogen and oxygen atoms in total. The first-order chi connectivity index (χ1) is 8.11. The van der Waals surface area contributed by atoms with E-state index in [2.05, 4.69) is 25.6 Å². The summed E-state index contributed by atoms with van der Waals surface area (Å²) in [6.45, 7) is 0.176. The third kappa shape index (κ3) is 5.14. The van der Waals surface area contributed by atoms with E-state index in [0.29, 0.717) is 18.4 Å². The van der Waals surface area contributed by atoms with Gasteiger partial charge >= 0.3 is 6.09 Å². The normalized spacial score (nSPS) is 9.76. The zero-order chi connectivity index (χ0) is 12.7. The van der Waals surface area contributed by atoms with Gasteiger partial charge in [-0.25, -0.2) is 4.79 Å². The van der Waals surface area contributed by atoms with Gasteiger partial charge in [0.25, 0.3) is 0 Å². The first-order valence-electron chi connectivity index (χ1n) is 5.04. The van der Waals surface area contributed by atoms with E-state index in [4.69, 9.17) is 4.74 Å². The van der Waals surface area contributed by atoms with Crippen molar-refractivity contribution in [3.8, 4) is 0 Å². The molecule has 0 saturated carbocycles. The summed E-state index contributed by atoms with van der Waals surface area (Å²) in [5.74, 6) is 0.0373. The minimum atomic E-state index is -0.649. The number of Topliss-reactive ketones (excluding diaryl/α,β-unsaturated/α-hetero) is 1. The van der Waals surface area contributed by atoms with E-state index < -0.39 is 6.09 Å². The third-order valence-electron chi connectivity index (χ3n) is 2.03. The summed E-state index contributed by atoms with van der Waals surface area (Å²) in [5, 5.41) is 0. The van der Waals surface area contributed by atoms with Gasteiger partial charge in [-0.15, -0.1) is 0 Å². The first kappa shape index (κ1) is 13.9. The number of amides is 1. The highest BCUT2D eigenvalue weighted by molar-refractivity contribution is 7.94. The lowest BCUT2D eigenvalue weighted by Crippen LogP contribution is -2.14. The Morgan fingerprint density at radius 2 is 1.82 bits per heavy atom. The molecule has 0 N–H and O–H groups in total. The summed E-state index contributed by atoms with van der Waals surface area (Å²) >= 11 is 7.30. The van der Waals surface area contributed by atoms with E-state index in [1.54, 1.807) is 12.1 Å². The van der Waals surface area contributed by atoms with Crippen LogP contribution in [-0.4, -0.2) is 22.2 Å². The highest BCUT2D eigenvalue weighted by Gasteiger charge is 2.08. The van der Waals surface area contributed by atoms with Crippen molar-refractivity contribution >= 4 is 37.5 Å². The van der Waals surface area contributed by atoms with Gasteiger partial charge in [-0.3, -0.25) is 4.79 Å². The molecule has 0 aliphatic carbocycles. The number of ether oxygens (including phenoxy) is 1. The maximum Gasteiger partial charge on any atom is 0.429 e. The molecule has 0 heterocycles. The van der Waals surface area contributed by atoms with Gasteiger partial charge in [0.15, 0.2) is 5.78 Å². The van der Waals surface area contributed by atoms with Crippen LogP contribution in [0.3, 0.4) is 0 Å². The molecule has 1 aromatic rings. The molecule has 0 aliphatic heterocycles. The number of thiol groups is 2. The third-order valence-corrected chi connectivity index (χ3v) is 2.36. The number of hydrogen-bond acceptors (Lipinski definition) is 5. The molecular weight excluding hydrogens is 258 g/mol. The molecule has 1 aromatic carbocycles. The molecule has 17 heavy (non-hydrogen) atoms. The Morgan fingerprint density at radius 1 is 1.18 bits per heavy atom. The van der Waals surface area contributed by atoms with E-state index in [1.165, 1.54) is 0 Å². The fraction of sp³-hybridized carbons (Fsp3) is 0.273. The minimum Gasteiger partial charge on any atom is -0.448 e. The largest absolute Gasteiger partial charge is 0.448 e. The molecule has 0 radical (unpaired) electrons. The quantitative estimate of drug-likeness (QED) is 0.492. The van der Waals surface area contributed by atoms with Crippen LogP contribution in [0.1, 0.15) is 23.2 Å². The van der Waals surface area contributed by atoms with Crippen molar-refractivity contribution in [2.45, 2.75) is 12.8 Å². The van der Waals surface area contributed by atoms with Gasteiger partial charge in [-0.2, -0.15) is 3.71 Å². The standard InChI is InChI=1S/C11H13NO3S2/c13-10(9-5-2-1-3-6-9)7-4-8-15-11(14)12(16)17/h1-3,5-6,16-17H,4,7-8H2. The zero-order valence-electron chi connectivity index (χ0n) is 9.07. The van der Waals surface area contributed by atoms with Crippen LogP contribution in [0.25, 0.3) is 0 Å². The summed E-state index contributed by atoms with van der Waals surface area (Å²) in [4.78, 5) is 22.6. The van der Waals surface area contributed by atoms with Crippen molar-refractivity contribution in [2.24, 2.45) is 0 Å². The number of hydrogen-bond donors (Lipinski definition) is 2. The lowest BCUT2D eigenvalue weighted by atomic mass is 10.1. The molecule has 0 saturated heterocycles. The maximum atomic E-state index is 11.6. The van der Waals surface area contributed by atoms with Gasteiger partial charge in [-0.1, -0.05) is 30.3 Å². The van der Waals surface area contributed by atoms with Crippen LogP contribution in [0.4, 0.5) is 4.79 Å². The second kappa shape index (κ2) is 7.24. The average molecular weight is 271 g/mol. The summed E-state index contributed by atoms with van der Waals surface area (Å²) in [6.07, 6.45) is 0.175. The van der Waals surface area contributed by atoms with Gasteiger partial charge in [0.2, 0.25) is 0 Å². The van der Waals surface area contributed by atoms with Gasteiger partial charge in [0, 0.05) is 12.0 Å². The minimum absolute atomic E-state index is 0.0373. The fourth-order valence-electron chi connectivity index (χ4n) is 1.22. The smallest absolute Gasteiger partial charge is 0.429 e. The van der Waals surface area contributed by atoms with E-state index in [9.17, 15) is 9.59 Å². The van der Waals surface area contributed by atoms with Crippen LogP contribution in [0.15, 0.2) is 30.3 Å². The zero-order valence-corrected chi connectivity index (χ0v) is 10.9. The molecule has 0 bridgehead atoms. The number of carbonyl (C=O) groups is 2. The number of ketones is 1. The van der Waals surface area contributed by atoms with E-state index in [1.807, 2.05) is 18.2 Å². The Hall–Kier alpha value is -1.14. The first-order valence-corrected chi connectivity index (χ1v) is 5.84. The molecule has 0 fully saturated rings. The van der Waals surface area contributed by atoms with Gasteiger partial charge < -0.3 is 4.74 Å². The van der Waals surface area contributed by atoms with Crippen LogP contribution in [-0.2, 0) is 4.74 Å². The van der Waals surface area contributed by atoms with Crippen molar-refractivity contribution < 1.29 is 14.3 Å². The van der Waals surface area contributed by atoms with Crippen LogP contribution >= 0.6 is 25.6 Å². The number of carbonyl (C=O) groups excluding carboxylic acids is 2. The molecule has 0 aliphatic rings. The second-order valence-electron chi connectivity index (χ2n) is 3.30. The van der Waals surface area contributed by atoms with E-state index >= 15 is 0 Å². The molecule has 0 atom stereocenters. The number of benzene rings is 1. The van der Waals surface area contributed by atoms with E-state index in [0.717, 1.165) is 3.71 Å². The molecule has 0 aromatic heterocycles. The second-order valence-corrected chi connectivity index (χ2v) is 4.41. The summed E-state index contributed by atoms with van der Waals surface area (Å²) in [5.41, 5.74) is 0.670. The lowest BCUT2D eigenvalue weighted by molar-refractivity contribution is 0.0958. The van der Waals surface area contributed by atoms with Crippen molar-refractivity contribution in [3.63, 3.8) is 0 Å². The average Bonchev–Trinajstić information content (AvgIpc) is 2.35. The topological polar surface area (TPSA) is 46.6 Å². The molecule has 92 valence electrons. The monoisotopic (exact) mass is 271 g/mol. The molecule has 1 rings (SSSR count). The predicted molar refractivity (Wildman–Crippen MR) is 71.2 cm³/mol. The summed E-state index contributed by atoms with van der Waals surface area (Å²) < 4.78 is 5.52. The molecule has 1 amide bonds. The molecular formula is C11H13NO3S2. The van der Waals surface area contributed by atoms with Crippen molar-refractivity contribution in [1.82, 2.24) is 3.71 Å². The Kier molecular flexibility index (Phi) is 5.93. The fourth-order valence-corrected chi connectivity index (χ4v) is 1.33. The van der Waals surface area contributed by atoms with Crippen molar-refractivity contribution in [2.75, 3.05) is 6.61 Å². The van der Waals surface area contributed by atoms with E-state index in [-0.39, 0.29) is 12.4 Å².